The van der Waals surface area contributed by atoms with Gasteiger partial charge in [0.25, 0.3) is 0 Å². The zero-order chi connectivity index (χ0) is 18.5. The number of nitrogens with zero attached hydrogens (tertiary/aromatic N) is 5. The number of aryl methyl sites for hydroxylation is 2. The highest BCUT2D eigenvalue weighted by Gasteiger charge is 2.29. The number of likely N-dealkylation sites (tertiary alicyclic amines) is 1. The molecule has 3 rings (SSSR count). The van der Waals surface area contributed by atoms with Gasteiger partial charge in [-0.2, -0.15) is 5.10 Å². The number of carbonyl (C=O) groups excluding carboxylic acids is 2. The second kappa shape index (κ2) is 8.07. The van der Waals surface area contributed by atoms with Crippen LogP contribution in [0.25, 0.3) is 0 Å². The van der Waals surface area contributed by atoms with E-state index in [0.29, 0.717) is 25.2 Å². The van der Waals surface area contributed by atoms with Gasteiger partial charge in [0.2, 0.25) is 11.8 Å². The Bertz CT molecular complexity index is 787. The lowest BCUT2D eigenvalue weighted by Gasteiger charge is -2.22. The molecule has 1 aliphatic rings. The maximum absolute atomic E-state index is 12.0. The Morgan fingerprint density at radius 3 is 2.92 bits per heavy atom. The molecule has 0 aromatic carbocycles. The summed E-state index contributed by atoms with van der Waals surface area (Å²) in [6.07, 6.45) is 7.44. The number of aromatic nitrogens is 4. The van der Waals surface area contributed by atoms with E-state index in [1.807, 2.05) is 24.1 Å². The second-order valence-corrected chi connectivity index (χ2v) is 6.55. The van der Waals surface area contributed by atoms with E-state index in [0.717, 1.165) is 30.8 Å². The molecule has 0 spiro atoms. The van der Waals surface area contributed by atoms with E-state index in [-0.39, 0.29) is 17.9 Å². The first-order valence-corrected chi connectivity index (χ1v) is 8.87. The third kappa shape index (κ3) is 4.44. The second-order valence-electron chi connectivity index (χ2n) is 6.55. The monoisotopic (exact) mass is 356 g/mol. The number of amides is 2. The molecule has 1 N–H and O–H groups in total. The molecule has 8 nitrogen and oxygen atoms in total. The van der Waals surface area contributed by atoms with E-state index >= 15 is 0 Å². The minimum absolute atomic E-state index is 0.0151. The van der Waals surface area contributed by atoms with Gasteiger partial charge in [-0.1, -0.05) is 0 Å². The van der Waals surface area contributed by atoms with Crippen LogP contribution in [0.4, 0.5) is 0 Å². The fourth-order valence-electron chi connectivity index (χ4n) is 3.20. The van der Waals surface area contributed by atoms with Crippen LogP contribution in [0.5, 0.6) is 0 Å². The standard InChI is InChI=1S/C18H24N6O2/c1-13-5-8-23(22-13)9-6-18(26)20-11-15-10-19-12-16(21-15)17-4-3-7-24(17)14(2)25/h5,8,10,12,17H,3-4,6-7,9,11H2,1-2H3,(H,20,26)/t17-/m1/s1. The van der Waals surface area contributed by atoms with Crippen LogP contribution < -0.4 is 5.32 Å². The van der Waals surface area contributed by atoms with Crippen LogP contribution in [-0.2, 0) is 22.7 Å². The van der Waals surface area contributed by atoms with Gasteiger partial charge in [0.15, 0.2) is 0 Å². The van der Waals surface area contributed by atoms with Gasteiger partial charge in [0.05, 0.1) is 42.1 Å². The Morgan fingerprint density at radius 2 is 2.19 bits per heavy atom. The number of hydrogen-bond acceptors (Lipinski definition) is 5. The van der Waals surface area contributed by atoms with E-state index < -0.39 is 0 Å². The van der Waals surface area contributed by atoms with Gasteiger partial charge < -0.3 is 10.2 Å². The van der Waals surface area contributed by atoms with E-state index in [1.54, 1.807) is 24.0 Å². The summed E-state index contributed by atoms with van der Waals surface area (Å²) in [4.78, 5) is 34.4. The first-order valence-electron chi connectivity index (χ1n) is 8.87. The van der Waals surface area contributed by atoms with Crippen molar-refractivity contribution in [2.75, 3.05) is 6.54 Å². The maximum atomic E-state index is 12.0. The first-order chi connectivity index (χ1) is 12.5. The van der Waals surface area contributed by atoms with Crippen molar-refractivity contribution < 1.29 is 9.59 Å². The van der Waals surface area contributed by atoms with Crippen molar-refractivity contribution in [2.45, 2.75) is 52.2 Å². The summed E-state index contributed by atoms with van der Waals surface area (Å²) in [5, 5.41) is 7.12. The van der Waals surface area contributed by atoms with Crippen molar-refractivity contribution in [2.24, 2.45) is 0 Å². The van der Waals surface area contributed by atoms with Crippen molar-refractivity contribution in [3.63, 3.8) is 0 Å². The van der Waals surface area contributed by atoms with Gasteiger partial charge in [-0.25, -0.2) is 0 Å². The molecule has 1 aliphatic heterocycles. The maximum Gasteiger partial charge on any atom is 0.222 e. The Balaban J connectivity index is 1.53. The molecule has 1 saturated heterocycles. The largest absolute Gasteiger partial charge is 0.350 e. The van der Waals surface area contributed by atoms with E-state index in [2.05, 4.69) is 20.4 Å². The third-order valence-electron chi connectivity index (χ3n) is 4.51. The average Bonchev–Trinajstić information content (AvgIpc) is 3.27. The van der Waals surface area contributed by atoms with Gasteiger partial charge in [-0.3, -0.25) is 24.2 Å². The van der Waals surface area contributed by atoms with E-state index in [1.165, 1.54) is 0 Å². The van der Waals surface area contributed by atoms with Crippen LogP contribution in [0, 0.1) is 6.92 Å². The Kier molecular flexibility index (Phi) is 5.60. The summed E-state index contributed by atoms with van der Waals surface area (Å²) >= 11 is 0. The van der Waals surface area contributed by atoms with Crippen molar-refractivity contribution in [1.82, 2.24) is 30.0 Å². The molecular weight excluding hydrogens is 332 g/mol. The van der Waals surface area contributed by atoms with Gasteiger partial charge in [-0.05, 0) is 25.8 Å². The predicted octanol–water partition coefficient (Wildman–Crippen LogP) is 1.37. The topological polar surface area (TPSA) is 93.0 Å². The van der Waals surface area contributed by atoms with Crippen LogP contribution in [0.15, 0.2) is 24.7 Å². The highest BCUT2D eigenvalue weighted by atomic mass is 16.2. The molecule has 26 heavy (non-hydrogen) atoms. The molecule has 0 radical (unpaired) electrons. The van der Waals surface area contributed by atoms with Gasteiger partial charge in [-0.15, -0.1) is 0 Å². The molecule has 2 aromatic heterocycles. The molecule has 1 atom stereocenters. The number of hydrogen-bond donors (Lipinski definition) is 1. The minimum Gasteiger partial charge on any atom is -0.350 e. The quantitative estimate of drug-likeness (QED) is 0.844. The molecule has 0 saturated carbocycles. The molecule has 0 aliphatic carbocycles. The zero-order valence-electron chi connectivity index (χ0n) is 15.2. The van der Waals surface area contributed by atoms with E-state index in [9.17, 15) is 9.59 Å². The number of rotatable bonds is 6. The summed E-state index contributed by atoms with van der Waals surface area (Å²) in [5.74, 6) is -0.00144. The first kappa shape index (κ1) is 18.0. The summed E-state index contributed by atoms with van der Waals surface area (Å²) < 4.78 is 1.76. The Morgan fingerprint density at radius 1 is 1.35 bits per heavy atom. The molecule has 0 bridgehead atoms. The molecule has 138 valence electrons. The summed E-state index contributed by atoms with van der Waals surface area (Å²) in [7, 11) is 0. The van der Waals surface area contributed by atoms with Gasteiger partial charge in [0, 0.05) is 32.6 Å². The lowest BCUT2D eigenvalue weighted by atomic mass is 10.1. The molecule has 0 unspecified atom stereocenters. The van der Waals surface area contributed by atoms with Crippen molar-refractivity contribution >= 4 is 11.8 Å². The smallest absolute Gasteiger partial charge is 0.222 e. The molecule has 8 heteroatoms. The van der Waals surface area contributed by atoms with Crippen LogP contribution >= 0.6 is 0 Å². The van der Waals surface area contributed by atoms with E-state index in [4.69, 9.17) is 0 Å². The van der Waals surface area contributed by atoms with Crippen LogP contribution in [-0.4, -0.2) is 43.0 Å². The van der Waals surface area contributed by atoms with Crippen molar-refractivity contribution in [3.8, 4) is 0 Å². The summed E-state index contributed by atoms with van der Waals surface area (Å²) in [6, 6.07) is 1.89. The summed E-state index contributed by atoms with van der Waals surface area (Å²) in [5.41, 5.74) is 2.42. The van der Waals surface area contributed by atoms with Gasteiger partial charge in [0.1, 0.15) is 0 Å². The van der Waals surface area contributed by atoms with Gasteiger partial charge >= 0.3 is 0 Å². The summed E-state index contributed by atoms with van der Waals surface area (Å²) in [6.45, 7) is 5.12. The highest BCUT2D eigenvalue weighted by molar-refractivity contribution is 5.75. The number of nitrogens with one attached hydrogen (secondary N) is 1. The Labute approximate surface area is 152 Å². The molecule has 2 amide bonds. The fourth-order valence-corrected chi connectivity index (χ4v) is 3.20. The van der Waals surface area contributed by atoms with Crippen LogP contribution in [0.2, 0.25) is 0 Å². The van der Waals surface area contributed by atoms with Crippen molar-refractivity contribution in [3.05, 3.63) is 41.7 Å². The lowest BCUT2D eigenvalue weighted by Crippen LogP contribution is -2.29. The molecule has 1 fully saturated rings. The third-order valence-corrected chi connectivity index (χ3v) is 4.51. The van der Waals surface area contributed by atoms with Crippen LogP contribution in [0.3, 0.4) is 0 Å². The lowest BCUT2D eigenvalue weighted by molar-refractivity contribution is -0.129. The normalized spacial score (nSPS) is 16.7. The average molecular weight is 356 g/mol. The van der Waals surface area contributed by atoms with Crippen LogP contribution in [0.1, 0.15) is 49.3 Å². The number of carbonyl (C=O) groups is 2. The Hall–Kier alpha value is -2.77. The zero-order valence-corrected chi connectivity index (χ0v) is 15.2. The van der Waals surface area contributed by atoms with Crippen molar-refractivity contribution in [1.29, 1.82) is 0 Å². The molecule has 2 aromatic rings. The SMILES string of the molecule is CC(=O)N1CCC[C@@H]1c1cncc(CNC(=O)CCn2ccc(C)n2)n1. The fraction of sp³-hybridized carbons (Fsp3) is 0.500. The minimum atomic E-state index is -0.0587. The molecular formula is C18H24N6O2. The molecule has 3 heterocycles. The highest BCUT2D eigenvalue weighted by Crippen LogP contribution is 2.30. The predicted molar refractivity (Wildman–Crippen MR) is 94.8 cm³/mol.